The van der Waals surface area contributed by atoms with Crippen molar-refractivity contribution in [2.45, 2.75) is 45.1 Å². The molecule has 1 atom stereocenters. The fourth-order valence-electron chi connectivity index (χ4n) is 1.74. The first-order valence-electron chi connectivity index (χ1n) is 4.60. The Morgan fingerprint density at radius 2 is 2.36 bits per heavy atom. The molecule has 11 heavy (non-hydrogen) atoms. The molecule has 0 aromatic carbocycles. The predicted molar refractivity (Wildman–Crippen MR) is 47.6 cm³/mol. The van der Waals surface area contributed by atoms with Gasteiger partial charge in [-0.1, -0.05) is 13.0 Å². The summed E-state index contributed by atoms with van der Waals surface area (Å²) >= 11 is 0. The summed E-state index contributed by atoms with van der Waals surface area (Å²) in [5.74, 6) is 0. The molecule has 0 radical (unpaired) electrons. The highest BCUT2D eigenvalue weighted by molar-refractivity contribution is 5.10. The Morgan fingerprint density at radius 1 is 1.55 bits per heavy atom. The summed E-state index contributed by atoms with van der Waals surface area (Å²) in [4.78, 5) is 0. The molecule has 0 spiro atoms. The Morgan fingerprint density at radius 3 is 2.82 bits per heavy atom. The fourth-order valence-corrected chi connectivity index (χ4v) is 1.74. The monoisotopic (exact) mass is 154 g/mol. The highest BCUT2D eigenvalue weighted by Gasteiger charge is 2.12. The van der Waals surface area contributed by atoms with Gasteiger partial charge in [-0.05, 0) is 37.7 Å². The molecule has 0 aromatic heterocycles. The van der Waals surface area contributed by atoms with Crippen molar-refractivity contribution in [3.05, 3.63) is 11.6 Å². The van der Waals surface area contributed by atoms with Crippen LogP contribution in [0.5, 0.6) is 0 Å². The van der Waals surface area contributed by atoms with E-state index < -0.39 is 0 Å². The van der Waals surface area contributed by atoms with E-state index in [1.54, 1.807) is 0 Å². The summed E-state index contributed by atoms with van der Waals surface area (Å²) in [5.41, 5.74) is 1.53. The fraction of sp³-hybridized carbons (Fsp3) is 0.800. The molecule has 0 N–H and O–H groups in total. The third-order valence-corrected chi connectivity index (χ3v) is 2.39. The molecule has 1 aliphatic rings. The normalized spacial score (nSPS) is 21.1. The molecular formula is C10H18O. The highest BCUT2D eigenvalue weighted by Crippen LogP contribution is 2.23. The van der Waals surface area contributed by atoms with E-state index in [2.05, 4.69) is 13.0 Å². The van der Waals surface area contributed by atoms with Gasteiger partial charge >= 0.3 is 0 Å². The van der Waals surface area contributed by atoms with Crippen LogP contribution >= 0.6 is 0 Å². The lowest BCUT2D eigenvalue weighted by molar-refractivity contribution is 0.124. The molecule has 0 saturated carbocycles. The summed E-state index contributed by atoms with van der Waals surface area (Å²) in [6, 6.07) is 0. The second-order valence-electron chi connectivity index (χ2n) is 3.16. The average molecular weight is 154 g/mol. The molecule has 0 heterocycles. The SMILES string of the molecule is CC[C@H](OC)C1=CCCCC1. The van der Waals surface area contributed by atoms with Crippen molar-refractivity contribution in [3.63, 3.8) is 0 Å². The second kappa shape index (κ2) is 4.55. The van der Waals surface area contributed by atoms with Gasteiger partial charge in [0.15, 0.2) is 0 Å². The van der Waals surface area contributed by atoms with Crippen LogP contribution in [0.4, 0.5) is 0 Å². The van der Waals surface area contributed by atoms with Gasteiger partial charge in [-0.3, -0.25) is 0 Å². The summed E-state index contributed by atoms with van der Waals surface area (Å²) < 4.78 is 5.37. The Hall–Kier alpha value is -0.300. The Labute approximate surface area is 69.4 Å². The summed E-state index contributed by atoms with van der Waals surface area (Å²) in [6.07, 6.45) is 9.11. The van der Waals surface area contributed by atoms with E-state index in [9.17, 15) is 0 Å². The maximum Gasteiger partial charge on any atom is 0.0778 e. The van der Waals surface area contributed by atoms with Crippen molar-refractivity contribution in [2.75, 3.05) is 7.11 Å². The zero-order chi connectivity index (χ0) is 8.10. The van der Waals surface area contributed by atoms with Gasteiger partial charge in [0.2, 0.25) is 0 Å². The first kappa shape index (κ1) is 8.79. The van der Waals surface area contributed by atoms with Crippen LogP contribution < -0.4 is 0 Å². The Kier molecular flexibility index (Phi) is 3.64. The standard InChI is InChI=1S/C10H18O/c1-3-10(11-2)9-7-5-4-6-8-9/h7,10H,3-6,8H2,1-2H3/t10-/m0/s1. The predicted octanol–water partition coefficient (Wildman–Crippen LogP) is 2.91. The molecule has 1 heteroatoms. The van der Waals surface area contributed by atoms with Gasteiger partial charge in [-0.25, -0.2) is 0 Å². The lowest BCUT2D eigenvalue weighted by Crippen LogP contribution is -2.14. The van der Waals surface area contributed by atoms with Gasteiger partial charge < -0.3 is 4.74 Å². The van der Waals surface area contributed by atoms with Crippen molar-refractivity contribution in [2.24, 2.45) is 0 Å². The van der Waals surface area contributed by atoms with Gasteiger partial charge in [0, 0.05) is 7.11 Å². The third-order valence-electron chi connectivity index (χ3n) is 2.39. The number of hydrogen-bond donors (Lipinski definition) is 0. The van der Waals surface area contributed by atoms with Crippen molar-refractivity contribution in [1.82, 2.24) is 0 Å². The molecular weight excluding hydrogens is 136 g/mol. The van der Waals surface area contributed by atoms with E-state index in [1.807, 2.05) is 7.11 Å². The molecule has 0 amide bonds. The molecule has 64 valence electrons. The molecule has 0 unspecified atom stereocenters. The number of methoxy groups -OCH3 is 1. The van der Waals surface area contributed by atoms with Crippen LogP contribution in [0, 0.1) is 0 Å². The van der Waals surface area contributed by atoms with E-state index in [-0.39, 0.29) is 0 Å². The molecule has 1 nitrogen and oxygen atoms in total. The zero-order valence-electron chi connectivity index (χ0n) is 7.60. The van der Waals surface area contributed by atoms with E-state index in [0.29, 0.717) is 6.10 Å². The van der Waals surface area contributed by atoms with E-state index in [4.69, 9.17) is 4.74 Å². The van der Waals surface area contributed by atoms with E-state index in [1.165, 1.54) is 31.3 Å². The van der Waals surface area contributed by atoms with Gasteiger partial charge in [0.1, 0.15) is 0 Å². The van der Waals surface area contributed by atoms with Crippen molar-refractivity contribution in [3.8, 4) is 0 Å². The topological polar surface area (TPSA) is 9.23 Å². The van der Waals surface area contributed by atoms with Crippen LogP contribution in [-0.4, -0.2) is 13.2 Å². The number of hydrogen-bond acceptors (Lipinski definition) is 1. The zero-order valence-corrected chi connectivity index (χ0v) is 7.60. The molecule has 0 fully saturated rings. The van der Waals surface area contributed by atoms with E-state index in [0.717, 1.165) is 6.42 Å². The minimum absolute atomic E-state index is 0.398. The van der Waals surface area contributed by atoms with Gasteiger partial charge in [0.05, 0.1) is 6.10 Å². The molecule has 1 aliphatic carbocycles. The Balaban J connectivity index is 2.48. The van der Waals surface area contributed by atoms with Crippen LogP contribution in [-0.2, 0) is 4.74 Å². The minimum Gasteiger partial charge on any atom is -0.377 e. The molecule has 1 rings (SSSR count). The lowest BCUT2D eigenvalue weighted by atomic mass is 9.94. The molecule has 0 bridgehead atoms. The largest absolute Gasteiger partial charge is 0.377 e. The minimum atomic E-state index is 0.398. The van der Waals surface area contributed by atoms with Crippen molar-refractivity contribution >= 4 is 0 Å². The van der Waals surface area contributed by atoms with Crippen LogP contribution in [0.3, 0.4) is 0 Å². The van der Waals surface area contributed by atoms with Crippen LogP contribution in [0.2, 0.25) is 0 Å². The maximum atomic E-state index is 5.37. The van der Waals surface area contributed by atoms with Crippen molar-refractivity contribution in [1.29, 1.82) is 0 Å². The number of rotatable bonds is 3. The smallest absolute Gasteiger partial charge is 0.0778 e. The van der Waals surface area contributed by atoms with Gasteiger partial charge in [-0.15, -0.1) is 0 Å². The summed E-state index contributed by atoms with van der Waals surface area (Å²) in [7, 11) is 1.81. The Bertz CT molecular complexity index is 134. The van der Waals surface area contributed by atoms with Gasteiger partial charge in [0.25, 0.3) is 0 Å². The average Bonchev–Trinajstić information content (AvgIpc) is 2.09. The maximum absolute atomic E-state index is 5.37. The number of ether oxygens (including phenoxy) is 1. The quantitative estimate of drug-likeness (QED) is 0.568. The highest BCUT2D eigenvalue weighted by atomic mass is 16.5. The number of allylic oxidation sites excluding steroid dienone is 1. The molecule has 0 aliphatic heterocycles. The van der Waals surface area contributed by atoms with E-state index >= 15 is 0 Å². The van der Waals surface area contributed by atoms with Crippen molar-refractivity contribution < 1.29 is 4.74 Å². The van der Waals surface area contributed by atoms with Gasteiger partial charge in [-0.2, -0.15) is 0 Å². The third kappa shape index (κ3) is 2.33. The van der Waals surface area contributed by atoms with Crippen LogP contribution in [0.25, 0.3) is 0 Å². The second-order valence-corrected chi connectivity index (χ2v) is 3.16. The molecule has 0 aromatic rings. The van der Waals surface area contributed by atoms with Crippen LogP contribution in [0.15, 0.2) is 11.6 Å². The first-order chi connectivity index (χ1) is 5.38. The summed E-state index contributed by atoms with van der Waals surface area (Å²) in [5, 5.41) is 0. The first-order valence-corrected chi connectivity index (χ1v) is 4.60. The summed E-state index contributed by atoms with van der Waals surface area (Å²) in [6.45, 7) is 2.18. The molecule has 0 saturated heterocycles. The van der Waals surface area contributed by atoms with Crippen LogP contribution in [0.1, 0.15) is 39.0 Å². The lowest BCUT2D eigenvalue weighted by Gasteiger charge is -2.20.